The van der Waals surface area contributed by atoms with E-state index in [1.165, 1.54) is 24.8 Å². The SMILES string of the molecule is CC(=O)SCCC#Cc1cc(Cl)cc(N)c1O. The number of nitrogen functional groups attached to an aromatic ring is 1. The number of benzene rings is 1. The van der Waals surface area contributed by atoms with Gasteiger partial charge in [-0.2, -0.15) is 0 Å². The van der Waals surface area contributed by atoms with Gasteiger partial charge in [-0.05, 0) is 12.1 Å². The highest BCUT2D eigenvalue weighted by Crippen LogP contribution is 2.28. The maximum Gasteiger partial charge on any atom is 0.185 e. The Morgan fingerprint density at radius 2 is 2.29 bits per heavy atom. The van der Waals surface area contributed by atoms with Gasteiger partial charge in [-0.3, -0.25) is 4.79 Å². The second kappa shape index (κ2) is 6.43. The van der Waals surface area contributed by atoms with Gasteiger partial charge in [0, 0.05) is 24.1 Å². The number of rotatable bonds is 2. The Hall–Kier alpha value is -1.31. The Kier molecular flexibility index (Phi) is 5.20. The van der Waals surface area contributed by atoms with Crippen molar-refractivity contribution in [1.82, 2.24) is 0 Å². The number of anilines is 1. The molecular formula is C12H12ClNO2S. The minimum Gasteiger partial charge on any atom is -0.505 e. The molecule has 3 N–H and O–H groups in total. The average Bonchev–Trinajstić information content (AvgIpc) is 2.23. The molecule has 1 aromatic carbocycles. The molecule has 0 fully saturated rings. The molecule has 17 heavy (non-hydrogen) atoms. The Balaban J connectivity index is 2.68. The Labute approximate surface area is 109 Å². The second-order valence-corrected chi connectivity index (χ2v) is 4.99. The van der Waals surface area contributed by atoms with Crippen molar-refractivity contribution < 1.29 is 9.90 Å². The Bertz CT molecular complexity index is 491. The molecule has 0 spiro atoms. The summed E-state index contributed by atoms with van der Waals surface area (Å²) in [5.74, 6) is 6.22. The fourth-order valence-corrected chi connectivity index (χ4v) is 1.84. The van der Waals surface area contributed by atoms with Crippen molar-refractivity contribution in [3.8, 4) is 17.6 Å². The Morgan fingerprint density at radius 1 is 1.59 bits per heavy atom. The molecule has 3 nitrogen and oxygen atoms in total. The lowest BCUT2D eigenvalue weighted by atomic mass is 10.1. The maximum absolute atomic E-state index is 10.7. The number of thioether (sulfide) groups is 1. The summed E-state index contributed by atoms with van der Waals surface area (Å²) in [7, 11) is 0. The number of hydrogen-bond donors (Lipinski definition) is 2. The van der Waals surface area contributed by atoms with Gasteiger partial charge in [0.05, 0.1) is 11.3 Å². The van der Waals surface area contributed by atoms with E-state index in [0.717, 1.165) is 0 Å². The molecule has 0 unspecified atom stereocenters. The quantitative estimate of drug-likeness (QED) is 0.375. The van der Waals surface area contributed by atoms with Crippen LogP contribution in [0.5, 0.6) is 5.75 Å². The van der Waals surface area contributed by atoms with Crippen LogP contribution in [0.15, 0.2) is 12.1 Å². The third-order valence-electron chi connectivity index (χ3n) is 1.86. The molecule has 1 rings (SSSR count). The summed E-state index contributed by atoms with van der Waals surface area (Å²) in [6, 6.07) is 3.02. The topological polar surface area (TPSA) is 63.3 Å². The third kappa shape index (κ3) is 4.59. The van der Waals surface area contributed by atoms with E-state index >= 15 is 0 Å². The number of phenolic OH excluding ortho intramolecular Hbond substituents is 1. The predicted molar refractivity (Wildman–Crippen MR) is 72.2 cm³/mol. The van der Waals surface area contributed by atoms with Crippen molar-refractivity contribution in [2.75, 3.05) is 11.5 Å². The van der Waals surface area contributed by atoms with Gasteiger partial charge in [-0.25, -0.2) is 0 Å². The zero-order valence-corrected chi connectivity index (χ0v) is 10.9. The van der Waals surface area contributed by atoms with Gasteiger partial charge in [0.15, 0.2) is 10.9 Å². The van der Waals surface area contributed by atoms with E-state index in [1.54, 1.807) is 6.07 Å². The number of nitrogens with two attached hydrogens (primary N) is 1. The van der Waals surface area contributed by atoms with Gasteiger partial charge < -0.3 is 10.8 Å². The van der Waals surface area contributed by atoms with Gasteiger partial charge in [-0.1, -0.05) is 35.2 Å². The monoisotopic (exact) mass is 269 g/mol. The molecular weight excluding hydrogens is 258 g/mol. The van der Waals surface area contributed by atoms with E-state index in [4.69, 9.17) is 17.3 Å². The van der Waals surface area contributed by atoms with Crippen LogP contribution in [0.2, 0.25) is 5.02 Å². The van der Waals surface area contributed by atoms with Crippen molar-refractivity contribution >= 4 is 34.2 Å². The minimum atomic E-state index is -0.0545. The highest BCUT2D eigenvalue weighted by atomic mass is 35.5. The van der Waals surface area contributed by atoms with E-state index in [2.05, 4.69) is 11.8 Å². The highest BCUT2D eigenvalue weighted by Gasteiger charge is 2.04. The fourth-order valence-electron chi connectivity index (χ4n) is 1.12. The standard InChI is InChI=1S/C12H12ClNO2S/c1-8(15)17-5-3-2-4-9-6-10(13)7-11(14)12(9)16/h6-7,16H,3,5,14H2,1H3. The van der Waals surface area contributed by atoms with Crippen LogP contribution in [0.4, 0.5) is 5.69 Å². The summed E-state index contributed by atoms with van der Waals surface area (Å²) in [6.45, 7) is 1.52. The first-order chi connectivity index (χ1) is 8.00. The van der Waals surface area contributed by atoms with E-state index in [1.807, 2.05) is 0 Å². The summed E-state index contributed by atoms with van der Waals surface area (Å²) in [5.41, 5.74) is 6.15. The molecule has 0 saturated heterocycles. The summed E-state index contributed by atoms with van der Waals surface area (Å²) in [4.78, 5) is 10.7. The summed E-state index contributed by atoms with van der Waals surface area (Å²) >= 11 is 7.02. The first-order valence-corrected chi connectivity index (χ1v) is 6.27. The predicted octanol–water partition coefficient (Wildman–Crippen LogP) is 2.65. The molecule has 0 aliphatic heterocycles. The highest BCUT2D eigenvalue weighted by molar-refractivity contribution is 8.13. The Morgan fingerprint density at radius 3 is 2.94 bits per heavy atom. The number of halogens is 1. The summed E-state index contributed by atoms with van der Waals surface area (Å²) < 4.78 is 0. The molecule has 0 bridgehead atoms. The van der Waals surface area contributed by atoms with Crippen LogP contribution in [0.1, 0.15) is 18.9 Å². The minimum absolute atomic E-state index is 0.0545. The van der Waals surface area contributed by atoms with E-state index in [0.29, 0.717) is 22.8 Å². The van der Waals surface area contributed by atoms with E-state index < -0.39 is 0 Å². The lowest BCUT2D eigenvalue weighted by molar-refractivity contribution is -0.109. The average molecular weight is 270 g/mol. The van der Waals surface area contributed by atoms with Crippen molar-refractivity contribution in [2.24, 2.45) is 0 Å². The van der Waals surface area contributed by atoms with Crippen LogP contribution < -0.4 is 5.73 Å². The van der Waals surface area contributed by atoms with E-state index in [9.17, 15) is 9.90 Å². The first-order valence-electron chi connectivity index (χ1n) is 4.91. The number of hydrogen-bond acceptors (Lipinski definition) is 4. The molecule has 0 heterocycles. The van der Waals surface area contributed by atoms with Crippen LogP contribution in [-0.4, -0.2) is 16.0 Å². The number of carbonyl (C=O) groups is 1. The van der Waals surface area contributed by atoms with Crippen LogP contribution in [0.25, 0.3) is 0 Å². The summed E-state index contributed by atoms with van der Waals surface area (Å²) in [5, 5.41) is 10.1. The molecule has 0 radical (unpaired) electrons. The number of phenols is 1. The molecule has 0 atom stereocenters. The van der Waals surface area contributed by atoms with Gasteiger partial charge in [0.1, 0.15) is 0 Å². The smallest absolute Gasteiger partial charge is 0.185 e. The molecule has 0 aliphatic carbocycles. The van der Waals surface area contributed by atoms with Crippen molar-refractivity contribution in [2.45, 2.75) is 13.3 Å². The van der Waals surface area contributed by atoms with Crippen molar-refractivity contribution in [3.05, 3.63) is 22.7 Å². The lowest BCUT2D eigenvalue weighted by Crippen LogP contribution is -1.89. The summed E-state index contributed by atoms with van der Waals surface area (Å²) in [6.07, 6.45) is 0.566. The lowest BCUT2D eigenvalue weighted by Gasteiger charge is -2.01. The van der Waals surface area contributed by atoms with Gasteiger partial charge in [0.25, 0.3) is 0 Å². The molecule has 0 saturated carbocycles. The zero-order valence-electron chi connectivity index (χ0n) is 9.29. The van der Waals surface area contributed by atoms with Crippen LogP contribution in [-0.2, 0) is 4.79 Å². The van der Waals surface area contributed by atoms with Gasteiger partial charge >= 0.3 is 0 Å². The van der Waals surface area contributed by atoms with Gasteiger partial charge in [-0.15, -0.1) is 0 Å². The van der Waals surface area contributed by atoms with Crippen LogP contribution >= 0.6 is 23.4 Å². The largest absolute Gasteiger partial charge is 0.505 e. The number of carbonyl (C=O) groups excluding carboxylic acids is 1. The van der Waals surface area contributed by atoms with Crippen LogP contribution in [0, 0.1) is 11.8 Å². The second-order valence-electron chi connectivity index (χ2n) is 3.28. The maximum atomic E-state index is 10.7. The van der Waals surface area contributed by atoms with Gasteiger partial charge in [0.2, 0.25) is 0 Å². The van der Waals surface area contributed by atoms with Crippen molar-refractivity contribution in [3.63, 3.8) is 0 Å². The molecule has 0 aromatic heterocycles. The molecule has 90 valence electrons. The molecule has 1 aromatic rings. The molecule has 0 aliphatic rings. The molecule has 5 heteroatoms. The number of aromatic hydroxyl groups is 1. The van der Waals surface area contributed by atoms with Crippen LogP contribution in [0.3, 0.4) is 0 Å². The first kappa shape index (κ1) is 13.8. The normalized spacial score (nSPS) is 9.53. The van der Waals surface area contributed by atoms with E-state index in [-0.39, 0.29) is 16.6 Å². The third-order valence-corrected chi connectivity index (χ3v) is 2.89. The molecule has 0 amide bonds. The zero-order chi connectivity index (χ0) is 12.8. The fraction of sp³-hybridized carbons (Fsp3) is 0.250. The van der Waals surface area contributed by atoms with Crippen molar-refractivity contribution in [1.29, 1.82) is 0 Å².